The lowest BCUT2D eigenvalue weighted by molar-refractivity contribution is -0.145. The molecule has 1 rings (SSSR count). The normalized spacial score (nSPS) is 14.6. The fourth-order valence-corrected chi connectivity index (χ4v) is 5.34. The number of methoxy groups -OCH3 is 1. The maximum absolute atomic E-state index is 13.8. The highest BCUT2D eigenvalue weighted by Gasteiger charge is 2.35. The van der Waals surface area contributed by atoms with Crippen molar-refractivity contribution >= 4 is 35.7 Å². The summed E-state index contributed by atoms with van der Waals surface area (Å²) >= 11 is 0. The van der Waals surface area contributed by atoms with Crippen molar-refractivity contribution in [1.82, 2.24) is 26.6 Å². The van der Waals surface area contributed by atoms with Crippen molar-refractivity contribution in [3.63, 3.8) is 0 Å². The molecule has 0 saturated carbocycles. The van der Waals surface area contributed by atoms with Gasteiger partial charge in [0.05, 0.1) is 7.11 Å². The lowest BCUT2D eigenvalue weighted by atomic mass is 9.97. The number of hydrogen-bond acceptors (Lipinski definition) is 8. The van der Waals surface area contributed by atoms with Crippen molar-refractivity contribution in [2.75, 3.05) is 7.11 Å². The second kappa shape index (κ2) is 21.3. The molecule has 0 unspecified atom stereocenters. The van der Waals surface area contributed by atoms with Gasteiger partial charge in [0.1, 0.15) is 35.8 Å². The van der Waals surface area contributed by atoms with Crippen molar-refractivity contribution in [2.24, 2.45) is 23.7 Å². The predicted octanol–water partition coefficient (Wildman–Crippen LogP) is 4.03. The van der Waals surface area contributed by atoms with E-state index < -0.39 is 77.4 Å². The summed E-state index contributed by atoms with van der Waals surface area (Å²) in [5, 5.41) is 13.7. The first-order valence-corrected chi connectivity index (χ1v) is 18.0. The fraction of sp³-hybridized carbons (Fsp3) is 0.684. The number of esters is 1. The first-order chi connectivity index (χ1) is 23.6. The van der Waals surface area contributed by atoms with Gasteiger partial charge in [-0.2, -0.15) is 0 Å². The smallest absolute Gasteiger partial charge is 0.408 e. The van der Waals surface area contributed by atoms with E-state index in [1.54, 1.807) is 34.6 Å². The maximum atomic E-state index is 13.8. The number of carbonyl (C=O) groups excluding carboxylic acids is 6. The van der Waals surface area contributed by atoms with Crippen LogP contribution in [0.3, 0.4) is 0 Å². The molecule has 288 valence electrons. The van der Waals surface area contributed by atoms with Crippen LogP contribution in [0.2, 0.25) is 0 Å². The molecule has 13 nitrogen and oxygen atoms in total. The quantitative estimate of drug-likeness (QED) is 0.133. The van der Waals surface area contributed by atoms with Crippen molar-refractivity contribution in [1.29, 1.82) is 0 Å². The molecule has 0 saturated heterocycles. The van der Waals surface area contributed by atoms with Crippen molar-refractivity contribution < 1.29 is 38.2 Å². The minimum atomic E-state index is -1.06. The predicted molar refractivity (Wildman–Crippen MR) is 196 cm³/mol. The number of ether oxygens (including phenoxy) is 2. The van der Waals surface area contributed by atoms with Gasteiger partial charge in [-0.1, -0.05) is 85.7 Å². The molecule has 51 heavy (non-hydrogen) atoms. The van der Waals surface area contributed by atoms with Gasteiger partial charge in [0.2, 0.25) is 23.6 Å². The third-order valence-electron chi connectivity index (χ3n) is 7.73. The molecule has 5 atom stereocenters. The molecule has 0 aliphatic heterocycles. The zero-order valence-electron chi connectivity index (χ0n) is 32.7. The van der Waals surface area contributed by atoms with E-state index in [0.29, 0.717) is 6.42 Å². The van der Waals surface area contributed by atoms with Crippen LogP contribution in [0.1, 0.15) is 101 Å². The van der Waals surface area contributed by atoms with Gasteiger partial charge in [-0.05, 0) is 69.3 Å². The van der Waals surface area contributed by atoms with Crippen molar-refractivity contribution in [2.45, 2.75) is 138 Å². The Hall–Kier alpha value is -4.16. The number of hydrogen-bond donors (Lipinski definition) is 5. The van der Waals surface area contributed by atoms with Gasteiger partial charge in [0.15, 0.2) is 0 Å². The Kier molecular flexibility index (Phi) is 18.7. The van der Waals surface area contributed by atoms with E-state index in [2.05, 4.69) is 26.6 Å². The largest absolute Gasteiger partial charge is 0.467 e. The highest BCUT2D eigenvalue weighted by molar-refractivity contribution is 5.96. The number of amides is 5. The first kappa shape index (κ1) is 44.9. The van der Waals surface area contributed by atoms with Gasteiger partial charge in [0, 0.05) is 6.42 Å². The number of alkyl carbamates (subject to hydrolysis) is 1. The van der Waals surface area contributed by atoms with Crippen LogP contribution in [0.5, 0.6) is 0 Å². The summed E-state index contributed by atoms with van der Waals surface area (Å²) in [6.45, 7) is 20.1. The molecular weight excluding hydrogens is 654 g/mol. The maximum Gasteiger partial charge on any atom is 0.408 e. The molecule has 1 aromatic carbocycles. The Morgan fingerprint density at radius 2 is 1.00 bits per heavy atom. The number of rotatable bonds is 19. The highest BCUT2D eigenvalue weighted by atomic mass is 16.6. The molecule has 0 aromatic heterocycles. The van der Waals surface area contributed by atoms with Crippen LogP contribution < -0.4 is 26.6 Å². The second-order valence-corrected chi connectivity index (χ2v) is 15.7. The highest BCUT2D eigenvalue weighted by Crippen LogP contribution is 2.14. The number of nitrogens with one attached hydrogen (secondary N) is 5. The number of carbonyl (C=O) groups is 6. The molecule has 5 N–H and O–H groups in total. The summed E-state index contributed by atoms with van der Waals surface area (Å²) in [5.41, 5.74) is 0.0506. The Labute approximate surface area is 304 Å². The molecule has 13 heteroatoms. The van der Waals surface area contributed by atoms with E-state index in [4.69, 9.17) is 9.47 Å². The van der Waals surface area contributed by atoms with Crippen molar-refractivity contribution in [3.8, 4) is 0 Å². The van der Waals surface area contributed by atoms with Gasteiger partial charge in [-0.25, -0.2) is 9.59 Å². The SMILES string of the molecule is COC(=O)[C@H](Cc1ccccc1)NC(=O)[C@@H](CC(C)C)NC(=O)[C@H](NC(=O)[C@H](CC(C)C)NC(=O)[C@H](CC(C)C)NC(=O)OC(C)(C)C)C(C)C. The van der Waals surface area contributed by atoms with E-state index in [0.717, 1.165) is 5.56 Å². The minimum Gasteiger partial charge on any atom is -0.467 e. The Morgan fingerprint density at radius 1 is 0.588 bits per heavy atom. The van der Waals surface area contributed by atoms with Crippen LogP contribution in [0.25, 0.3) is 0 Å². The van der Waals surface area contributed by atoms with Gasteiger partial charge in [0.25, 0.3) is 0 Å². The summed E-state index contributed by atoms with van der Waals surface area (Å²) in [6, 6.07) is 4.14. The fourth-order valence-electron chi connectivity index (χ4n) is 5.34. The van der Waals surface area contributed by atoms with Gasteiger partial charge < -0.3 is 36.1 Å². The average Bonchev–Trinajstić information content (AvgIpc) is 3.00. The van der Waals surface area contributed by atoms with E-state index in [1.807, 2.05) is 71.9 Å². The van der Waals surface area contributed by atoms with Gasteiger partial charge >= 0.3 is 12.1 Å². The van der Waals surface area contributed by atoms with E-state index in [9.17, 15) is 28.8 Å². The molecule has 5 amide bonds. The summed E-state index contributed by atoms with van der Waals surface area (Å²) in [6.07, 6.45) is 0.283. The minimum absolute atomic E-state index is 0.00227. The second-order valence-electron chi connectivity index (χ2n) is 15.7. The van der Waals surface area contributed by atoms with Crippen LogP contribution in [0.4, 0.5) is 4.79 Å². The zero-order valence-corrected chi connectivity index (χ0v) is 32.7. The Morgan fingerprint density at radius 3 is 1.41 bits per heavy atom. The molecule has 0 heterocycles. The third kappa shape index (κ3) is 17.6. The molecule has 0 spiro atoms. The summed E-state index contributed by atoms with van der Waals surface area (Å²) in [4.78, 5) is 79.8. The lowest BCUT2D eigenvalue weighted by Gasteiger charge is -2.30. The molecule has 0 radical (unpaired) electrons. The van der Waals surface area contributed by atoms with Gasteiger partial charge in [-0.15, -0.1) is 0 Å². The topological polar surface area (TPSA) is 181 Å². The monoisotopic (exact) mass is 717 g/mol. The summed E-state index contributed by atoms with van der Waals surface area (Å²) in [5.74, 6) is -3.26. The van der Waals surface area contributed by atoms with Crippen LogP contribution in [0, 0.1) is 23.7 Å². The van der Waals surface area contributed by atoms with E-state index >= 15 is 0 Å². The molecule has 0 fully saturated rings. The van der Waals surface area contributed by atoms with Crippen molar-refractivity contribution in [3.05, 3.63) is 35.9 Å². The third-order valence-corrected chi connectivity index (χ3v) is 7.73. The average molecular weight is 718 g/mol. The molecule has 1 aromatic rings. The molecule has 0 aliphatic rings. The summed E-state index contributed by atoms with van der Waals surface area (Å²) in [7, 11) is 1.24. The van der Waals surface area contributed by atoms with Crippen LogP contribution in [-0.4, -0.2) is 78.6 Å². The molecular formula is C38H63N5O8. The molecule has 0 aliphatic carbocycles. The van der Waals surface area contributed by atoms with Crippen LogP contribution in [-0.2, 0) is 39.9 Å². The number of benzene rings is 1. The van der Waals surface area contributed by atoms with Gasteiger partial charge in [-0.3, -0.25) is 19.2 Å². The van der Waals surface area contributed by atoms with E-state index in [-0.39, 0.29) is 37.0 Å². The molecule has 0 bridgehead atoms. The standard InChI is InChI=1S/C38H63N5O8/c1-22(2)18-27(32(44)41-30(36(48)50-12)21-26-16-14-13-15-17-26)40-35(47)31(25(7)8)43-34(46)28(19-23(3)4)39-33(45)29(20-24(5)6)42-37(49)51-38(9,10)11/h13-17,22-25,27-31H,18-21H2,1-12H3,(H,39,45)(H,40,47)(H,41,44)(H,42,49)(H,43,46)/t27-,28+,29+,30+,31-/m1/s1. The van der Waals surface area contributed by atoms with E-state index in [1.165, 1.54) is 7.11 Å². The summed E-state index contributed by atoms with van der Waals surface area (Å²) < 4.78 is 10.3. The lowest BCUT2D eigenvalue weighted by Crippen LogP contribution is -2.60. The first-order valence-electron chi connectivity index (χ1n) is 18.0. The Bertz CT molecular complexity index is 1290. The zero-order chi connectivity index (χ0) is 39.1. The van der Waals surface area contributed by atoms with Crippen LogP contribution in [0.15, 0.2) is 30.3 Å². The Balaban J connectivity index is 3.21. The van der Waals surface area contributed by atoms with Crippen LogP contribution >= 0.6 is 0 Å².